The number of rotatable bonds is 5. The average molecular weight is 388 g/mol. The van der Waals surface area contributed by atoms with Crippen molar-refractivity contribution in [2.45, 2.75) is 25.7 Å². The van der Waals surface area contributed by atoms with Crippen LogP contribution in [0.2, 0.25) is 0 Å². The monoisotopic (exact) mass is 388 g/mol. The first kappa shape index (κ1) is 17.9. The highest BCUT2D eigenvalue weighted by atomic mass is 32.2. The van der Waals surface area contributed by atoms with Crippen molar-refractivity contribution in [2.75, 3.05) is 19.9 Å². The van der Waals surface area contributed by atoms with Crippen LogP contribution in [0.25, 0.3) is 6.08 Å². The number of ether oxygens (including phenoxy) is 2. The second-order valence-corrected chi connectivity index (χ2v) is 7.71. The van der Waals surface area contributed by atoms with E-state index >= 15 is 0 Å². The van der Waals surface area contributed by atoms with Crippen LogP contribution in [0.15, 0.2) is 23.1 Å². The predicted molar refractivity (Wildman–Crippen MR) is 100 cm³/mol. The maximum Gasteiger partial charge on any atom is 0.293 e. The fourth-order valence-electron chi connectivity index (χ4n) is 3.47. The number of carbonyl (C=O) groups is 3. The average Bonchev–Trinajstić information content (AvgIpc) is 3.38. The highest BCUT2D eigenvalue weighted by Gasteiger charge is 2.35. The lowest BCUT2D eigenvalue weighted by atomic mass is 10.1. The van der Waals surface area contributed by atoms with Crippen molar-refractivity contribution in [3.8, 4) is 11.5 Å². The Bertz CT molecular complexity index is 816. The van der Waals surface area contributed by atoms with Crippen LogP contribution in [0.5, 0.6) is 11.5 Å². The summed E-state index contributed by atoms with van der Waals surface area (Å²) in [7, 11) is 0. The van der Waals surface area contributed by atoms with Gasteiger partial charge in [-0.2, -0.15) is 0 Å². The van der Waals surface area contributed by atoms with E-state index in [1.165, 1.54) is 4.90 Å². The van der Waals surface area contributed by atoms with Gasteiger partial charge in [-0.05, 0) is 48.4 Å². The molecule has 1 aromatic rings. The van der Waals surface area contributed by atoms with E-state index in [2.05, 4.69) is 5.32 Å². The smallest absolute Gasteiger partial charge is 0.293 e. The van der Waals surface area contributed by atoms with E-state index in [4.69, 9.17) is 9.47 Å². The van der Waals surface area contributed by atoms with E-state index in [0.29, 0.717) is 16.4 Å². The van der Waals surface area contributed by atoms with E-state index in [-0.39, 0.29) is 42.9 Å². The maximum absolute atomic E-state index is 12.5. The molecule has 0 aromatic heterocycles. The Morgan fingerprint density at radius 2 is 2.00 bits per heavy atom. The van der Waals surface area contributed by atoms with Gasteiger partial charge in [-0.25, -0.2) is 0 Å². The Hall–Kier alpha value is -2.48. The van der Waals surface area contributed by atoms with Gasteiger partial charge in [-0.15, -0.1) is 0 Å². The summed E-state index contributed by atoms with van der Waals surface area (Å²) in [6.07, 6.45) is 5.69. The van der Waals surface area contributed by atoms with Crippen molar-refractivity contribution >= 4 is 34.9 Å². The van der Waals surface area contributed by atoms with Gasteiger partial charge in [-0.3, -0.25) is 19.3 Å². The largest absolute Gasteiger partial charge is 0.454 e. The highest BCUT2D eigenvalue weighted by Crippen LogP contribution is 2.36. The molecule has 1 aliphatic carbocycles. The maximum atomic E-state index is 12.5. The summed E-state index contributed by atoms with van der Waals surface area (Å²) in [4.78, 5) is 38.3. The molecule has 1 N–H and O–H groups in total. The van der Waals surface area contributed by atoms with E-state index in [0.717, 1.165) is 43.0 Å². The van der Waals surface area contributed by atoms with Gasteiger partial charge in [0.15, 0.2) is 11.5 Å². The number of carbonyl (C=O) groups excluding carboxylic acids is 3. The Balaban J connectivity index is 1.36. The minimum Gasteiger partial charge on any atom is -0.454 e. The van der Waals surface area contributed by atoms with Crippen molar-refractivity contribution < 1.29 is 23.9 Å². The van der Waals surface area contributed by atoms with Crippen LogP contribution >= 0.6 is 11.8 Å². The first-order valence-electron chi connectivity index (χ1n) is 9.04. The zero-order valence-electron chi connectivity index (χ0n) is 14.7. The Morgan fingerprint density at radius 3 is 2.81 bits per heavy atom. The van der Waals surface area contributed by atoms with Crippen molar-refractivity contribution in [1.29, 1.82) is 0 Å². The lowest BCUT2D eigenvalue weighted by Gasteiger charge is -2.14. The third-order valence-corrected chi connectivity index (χ3v) is 5.84. The quantitative estimate of drug-likeness (QED) is 0.781. The van der Waals surface area contributed by atoms with Crippen LogP contribution in [0.3, 0.4) is 0 Å². The first-order valence-corrected chi connectivity index (χ1v) is 9.86. The fraction of sp³-hybridized carbons (Fsp3) is 0.421. The molecule has 2 aliphatic heterocycles. The van der Waals surface area contributed by atoms with Gasteiger partial charge in [0.25, 0.3) is 11.1 Å². The zero-order chi connectivity index (χ0) is 18.8. The van der Waals surface area contributed by atoms with Crippen molar-refractivity contribution in [3.63, 3.8) is 0 Å². The van der Waals surface area contributed by atoms with Crippen LogP contribution in [-0.2, 0) is 9.59 Å². The molecular formula is C19H20N2O5S. The summed E-state index contributed by atoms with van der Waals surface area (Å²) in [5.74, 6) is 1.05. The standard InChI is InChI=1S/C19H20N2O5S/c22-17(13-3-1-2-4-13)20-7-8-21-18(23)16(27-19(21)24)10-12-5-6-14-15(9-12)26-11-25-14/h5-6,9-10,13H,1-4,7-8,11H2,(H,20,22)/b16-10-. The van der Waals surface area contributed by atoms with Crippen molar-refractivity contribution in [1.82, 2.24) is 10.2 Å². The summed E-state index contributed by atoms with van der Waals surface area (Å²) in [6.45, 7) is 0.647. The third kappa shape index (κ3) is 3.80. The van der Waals surface area contributed by atoms with E-state index in [1.807, 2.05) is 6.07 Å². The van der Waals surface area contributed by atoms with Crippen LogP contribution in [0.1, 0.15) is 31.2 Å². The SMILES string of the molecule is O=C(NCCN1C(=O)S/C(=C\c2ccc3c(c2)OCO3)C1=O)C1CCCC1. The Labute approximate surface area is 161 Å². The van der Waals surface area contributed by atoms with E-state index < -0.39 is 0 Å². The molecule has 0 bridgehead atoms. The number of benzene rings is 1. The Morgan fingerprint density at radius 1 is 1.22 bits per heavy atom. The minimum atomic E-state index is -0.335. The molecule has 8 heteroatoms. The van der Waals surface area contributed by atoms with Gasteiger partial charge in [0.2, 0.25) is 12.7 Å². The number of hydrogen-bond donors (Lipinski definition) is 1. The molecule has 4 rings (SSSR count). The summed E-state index contributed by atoms with van der Waals surface area (Å²) in [5.41, 5.74) is 0.763. The summed E-state index contributed by atoms with van der Waals surface area (Å²) in [6, 6.07) is 5.36. The summed E-state index contributed by atoms with van der Waals surface area (Å²) >= 11 is 0.908. The third-order valence-electron chi connectivity index (χ3n) is 4.93. The molecular weight excluding hydrogens is 368 g/mol. The van der Waals surface area contributed by atoms with Gasteiger partial charge < -0.3 is 14.8 Å². The van der Waals surface area contributed by atoms with Crippen molar-refractivity contribution in [3.05, 3.63) is 28.7 Å². The van der Waals surface area contributed by atoms with Crippen LogP contribution in [0, 0.1) is 5.92 Å². The van der Waals surface area contributed by atoms with Gasteiger partial charge in [0.05, 0.1) is 4.91 Å². The number of nitrogens with one attached hydrogen (secondary N) is 1. The minimum absolute atomic E-state index is 0.0235. The summed E-state index contributed by atoms with van der Waals surface area (Å²) in [5, 5.41) is 2.52. The molecule has 2 heterocycles. The second-order valence-electron chi connectivity index (χ2n) is 6.72. The molecule has 3 aliphatic rings. The number of thioether (sulfide) groups is 1. The van der Waals surface area contributed by atoms with Gasteiger partial charge in [0.1, 0.15) is 0 Å². The van der Waals surface area contributed by atoms with Crippen LogP contribution in [-0.4, -0.2) is 41.8 Å². The van der Waals surface area contributed by atoms with E-state index in [1.54, 1.807) is 18.2 Å². The number of nitrogens with zero attached hydrogens (tertiary/aromatic N) is 1. The molecule has 1 aromatic carbocycles. The highest BCUT2D eigenvalue weighted by molar-refractivity contribution is 8.18. The predicted octanol–water partition coefficient (Wildman–Crippen LogP) is 2.76. The number of imide groups is 1. The molecule has 3 amide bonds. The van der Waals surface area contributed by atoms with Gasteiger partial charge >= 0.3 is 0 Å². The zero-order valence-corrected chi connectivity index (χ0v) is 15.5. The normalized spacial score (nSPS) is 20.7. The number of hydrogen-bond acceptors (Lipinski definition) is 6. The molecule has 0 spiro atoms. The van der Waals surface area contributed by atoms with Crippen molar-refractivity contribution in [2.24, 2.45) is 5.92 Å². The van der Waals surface area contributed by atoms with Crippen LogP contribution in [0.4, 0.5) is 4.79 Å². The van der Waals surface area contributed by atoms with Gasteiger partial charge in [0, 0.05) is 19.0 Å². The van der Waals surface area contributed by atoms with E-state index in [9.17, 15) is 14.4 Å². The molecule has 0 atom stereocenters. The molecule has 7 nitrogen and oxygen atoms in total. The first-order chi connectivity index (χ1) is 13.1. The molecule has 2 fully saturated rings. The fourth-order valence-corrected chi connectivity index (χ4v) is 4.34. The summed E-state index contributed by atoms with van der Waals surface area (Å²) < 4.78 is 10.6. The number of fused-ring (bicyclic) bond motifs is 1. The number of amides is 3. The molecule has 0 unspecified atom stereocenters. The topological polar surface area (TPSA) is 84.9 Å². The Kier molecular flexibility index (Phi) is 5.07. The molecule has 1 saturated heterocycles. The lowest BCUT2D eigenvalue weighted by molar-refractivity contribution is -0.126. The second kappa shape index (κ2) is 7.64. The van der Waals surface area contributed by atoms with Crippen LogP contribution < -0.4 is 14.8 Å². The molecule has 1 saturated carbocycles. The molecule has 0 radical (unpaired) electrons. The molecule has 142 valence electrons. The lowest BCUT2D eigenvalue weighted by Crippen LogP contribution is -2.39. The van der Waals surface area contributed by atoms with Gasteiger partial charge in [-0.1, -0.05) is 18.9 Å². The molecule has 27 heavy (non-hydrogen) atoms.